The van der Waals surface area contributed by atoms with Crippen LogP contribution in [-0.2, 0) is 16.1 Å². The molecule has 2 fully saturated rings. The fraction of sp³-hybridized carbons (Fsp3) is 0.765. The first-order valence-electron chi connectivity index (χ1n) is 8.53. The van der Waals surface area contributed by atoms with Crippen LogP contribution in [0.2, 0.25) is 0 Å². The van der Waals surface area contributed by atoms with Crippen molar-refractivity contribution in [2.45, 2.75) is 58.4 Å². The second kappa shape index (κ2) is 7.96. The summed E-state index contributed by atoms with van der Waals surface area (Å²) in [5.41, 5.74) is 2.91. The highest BCUT2D eigenvalue weighted by Crippen LogP contribution is 2.50. The van der Waals surface area contributed by atoms with E-state index in [0.29, 0.717) is 11.5 Å². The third-order valence-electron chi connectivity index (χ3n) is 5.38. The van der Waals surface area contributed by atoms with Crippen LogP contribution in [0.15, 0.2) is 4.52 Å². The molecule has 1 spiro atoms. The third kappa shape index (κ3) is 4.97. The smallest absolute Gasteiger partial charge is 0.475 e. The number of aliphatic carboxylic acids is 1. The molecule has 0 amide bonds. The van der Waals surface area contributed by atoms with Gasteiger partial charge in [0.15, 0.2) is 0 Å². The second-order valence-corrected chi connectivity index (χ2v) is 7.15. The van der Waals surface area contributed by atoms with Crippen molar-refractivity contribution in [1.82, 2.24) is 10.1 Å². The summed E-state index contributed by atoms with van der Waals surface area (Å²) in [5.74, 6) is -1.78. The molecule has 148 valence electrons. The van der Waals surface area contributed by atoms with Gasteiger partial charge >= 0.3 is 12.1 Å². The first-order chi connectivity index (χ1) is 12.1. The highest BCUT2D eigenvalue weighted by Gasteiger charge is 2.45. The zero-order valence-electron chi connectivity index (χ0n) is 15.2. The van der Waals surface area contributed by atoms with E-state index in [1.807, 2.05) is 21.0 Å². The topological polar surface area (TPSA) is 75.8 Å². The Kier molecular flexibility index (Phi) is 6.33. The van der Waals surface area contributed by atoms with E-state index in [1.165, 1.54) is 44.3 Å². The highest BCUT2D eigenvalue weighted by molar-refractivity contribution is 5.73. The molecule has 2 heterocycles. The average molecular weight is 378 g/mol. The van der Waals surface area contributed by atoms with Crippen molar-refractivity contribution < 1.29 is 32.3 Å². The van der Waals surface area contributed by atoms with Crippen molar-refractivity contribution >= 4 is 5.97 Å². The Morgan fingerprint density at radius 2 is 1.88 bits per heavy atom. The van der Waals surface area contributed by atoms with Crippen LogP contribution in [0.3, 0.4) is 0 Å². The highest BCUT2D eigenvalue weighted by atomic mass is 19.4. The minimum Gasteiger partial charge on any atom is -0.475 e. The number of methoxy groups -OCH3 is 1. The number of alkyl halides is 3. The molecule has 0 aromatic carbocycles. The fourth-order valence-corrected chi connectivity index (χ4v) is 3.62. The van der Waals surface area contributed by atoms with Crippen LogP contribution < -0.4 is 0 Å². The summed E-state index contributed by atoms with van der Waals surface area (Å²) in [5, 5.41) is 11.2. The molecule has 3 rings (SSSR count). The lowest BCUT2D eigenvalue weighted by molar-refractivity contribution is -0.192. The maximum absolute atomic E-state index is 10.6. The minimum atomic E-state index is -5.08. The van der Waals surface area contributed by atoms with E-state index in [2.05, 4.69) is 10.1 Å². The standard InChI is InChI=1S/C15H24N2O2.C2HF3O2/c1-11-14(12(2)19-16-11)10-17-6-4-15(5-7-17)8-13(9-15)18-3;3-2(4,5)1(6)7/h13H,4-10H2,1-3H3;(H,6,7). The molecule has 9 heteroatoms. The van der Waals surface area contributed by atoms with E-state index in [0.717, 1.165) is 18.0 Å². The van der Waals surface area contributed by atoms with Crippen molar-refractivity contribution in [3.05, 3.63) is 17.0 Å². The summed E-state index contributed by atoms with van der Waals surface area (Å²) in [6.45, 7) is 7.42. The van der Waals surface area contributed by atoms with E-state index in [9.17, 15) is 13.2 Å². The largest absolute Gasteiger partial charge is 0.490 e. The van der Waals surface area contributed by atoms with Crippen LogP contribution in [0.1, 0.15) is 42.7 Å². The number of aryl methyl sites for hydroxylation is 2. The molecular weight excluding hydrogens is 353 g/mol. The Balaban J connectivity index is 0.000000298. The number of ether oxygens (including phenoxy) is 1. The number of carboxylic acid groups (broad SMARTS) is 1. The molecule has 0 atom stereocenters. The molecule has 2 aliphatic rings. The van der Waals surface area contributed by atoms with Crippen LogP contribution in [-0.4, -0.2) is 53.6 Å². The van der Waals surface area contributed by atoms with E-state index in [1.54, 1.807) is 0 Å². The summed E-state index contributed by atoms with van der Waals surface area (Å²) in [7, 11) is 1.84. The number of aromatic nitrogens is 1. The molecule has 1 aliphatic carbocycles. The minimum absolute atomic E-state index is 0.522. The molecule has 1 saturated heterocycles. The molecular formula is C17H25F3N2O4. The SMILES string of the molecule is COC1CC2(CCN(Cc3c(C)noc3C)CC2)C1.O=C(O)C(F)(F)F. The van der Waals surface area contributed by atoms with Gasteiger partial charge in [0.05, 0.1) is 11.8 Å². The first-order valence-corrected chi connectivity index (χ1v) is 8.53. The zero-order chi connectivity index (χ0) is 19.5. The molecule has 1 aliphatic heterocycles. The molecule has 0 unspecified atom stereocenters. The Morgan fingerprint density at radius 3 is 2.27 bits per heavy atom. The molecule has 1 saturated carbocycles. The van der Waals surface area contributed by atoms with Crippen molar-refractivity contribution in [1.29, 1.82) is 0 Å². The zero-order valence-corrected chi connectivity index (χ0v) is 15.2. The second-order valence-electron chi connectivity index (χ2n) is 7.15. The van der Waals surface area contributed by atoms with Gasteiger partial charge in [-0.15, -0.1) is 0 Å². The Bertz CT molecular complexity index is 595. The number of likely N-dealkylation sites (tertiary alicyclic amines) is 1. The lowest BCUT2D eigenvalue weighted by Gasteiger charge is -2.51. The van der Waals surface area contributed by atoms with Crippen molar-refractivity contribution in [3.8, 4) is 0 Å². The van der Waals surface area contributed by atoms with Crippen LogP contribution in [0.4, 0.5) is 13.2 Å². The van der Waals surface area contributed by atoms with Gasteiger partial charge in [-0.3, -0.25) is 4.90 Å². The summed E-state index contributed by atoms with van der Waals surface area (Å²) in [6.07, 6.45) is 0.603. The van der Waals surface area contributed by atoms with Gasteiger partial charge in [0.1, 0.15) is 5.76 Å². The van der Waals surface area contributed by atoms with Gasteiger partial charge in [0, 0.05) is 19.2 Å². The van der Waals surface area contributed by atoms with Gasteiger partial charge in [0.25, 0.3) is 0 Å². The number of halogens is 3. The number of piperidine rings is 1. The molecule has 1 aromatic rings. The van der Waals surface area contributed by atoms with Crippen LogP contribution >= 0.6 is 0 Å². The van der Waals surface area contributed by atoms with Crippen molar-refractivity contribution in [2.75, 3.05) is 20.2 Å². The Hall–Kier alpha value is -1.61. The van der Waals surface area contributed by atoms with E-state index < -0.39 is 12.1 Å². The predicted octanol–water partition coefficient (Wildman–Crippen LogP) is 3.32. The van der Waals surface area contributed by atoms with Crippen molar-refractivity contribution in [3.63, 3.8) is 0 Å². The summed E-state index contributed by atoms with van der Waals surface area (Å²) in [6, 6.07) is 0. The van der Waals surface area contributed by atoms with Gasteiger partial charge in [-0.05, 0) is 58.0 Å². The monoisotopic (exact) mass is 378 g/mol. The summed E-state index contributed by atoms with van der Waals surface area (Å²) < 4.78 is 42.4. The van der Waals surface area contributed by atoms with E-state index in [4.69, 9.17) is 19.2 Å². The third-order valence-corrected chi connectivity index (χ3v) is 5.38. The van der Waals surface area contributed by atoms with Crippen LogP contribution in [0.5, 0.6) is 0 Å². The van der Waals surface area contributed by atoms with Crippen LogP contribution in [0.25, 0.3) is 0 Å². The van der Waals surface area contributed by atoms with E-state index in [-0.39, 0.29) is 0 Å². The quantitative estimate of drug-likeness (QED) is 0.870. The molecule has 26 heavy (non-hydrogen) atoms. The number of carbonyl (C=O) groups is 1. The predicted molar refractivity (Wildman–Crippen MR) is 86.6 cm³/mol. The maximum atomic E-state index is 10.6. The Labute approximate surface area is 150 Å². The summed E-state index contributed by atoms with van der Waals surface area (Å²) >= 11 is 0. The molecule has 0 bridgehead atoms. The Morgan fingerprint density at radius 1 is 1.35 bits per heavy atom. The number of nitrogens with zero attached hydrogens (tertiary/aromatic N) is 2. The number of carboxylic acids is 1. The molecule has 1 aromatic heterocycles. The fourth-order valence-electron chi connectivity index (χ4n) is 3.62. The molecule has 6 nitrogen and oxygen atoms in total. The van der Waals surface area contributed by atoms with Gasteiger partial charge in [-0.25, -0.2) is 4.79 Å². The normalized spacial score (nSPS) is 20.4. The number of hydrogen-bond acceptors (Lipinski definition) is 5. The lowest BCUT2D eigenvalue weighted by Crippen LogP contribution is -2.49. The number of hydrogen-bond donors (Lipinski definition) is 1. The van der Waals surface area contributed by atoms with Gasteiger partial charge in [-0.1, -0.05) is 5.16 Å². The van der Waals surface area contributed by atoms with Gasteiger partial charge < -0.3 is 14.4 Å². The molecule has 0 radical (unpaired) electrons. The van der Waals surface area contributed by atoms with Crippen LogP contribution in [0, 0.1) is 19.3 Å². The van der Waals surface area contributed by atoms with E-state index >= 15 is 0 Å². The number of rotatable bonds is 3. The average Bonchev–Trinajstić information content (AvgIpc) is 2.85. The summed E-state index contributed by atoms with van der Waals surface area (Å²) in [4.78, 5) is 11.4. The first kappa shape index (κ1) is 20.7. The lowest BCUT2D eigenvalue weighted by atomic mass is 9.61. The van der Waals surface area contributed by atoms with Gasteiger partial charge in [0.2, 0.25) is 0 Å². The van der Waals surface area contributed by atoms with Gasteiger partial charge in [-0.2, -0.15) is 13.2 Å². The molecule has 1 N–H and O–H groups in total. The van der Waals surface area contributed by atoms with Crippen molar-refractivity contribution in [2.24, 2.45) is 5.41 Å². The maximum Gasteiger partial charge on any atom is 0.490 e.